The van der Waals surface area contributed by atoms with Gasteiger partial charge in [0.05, 0.1) is 12.3 Å². The zero-order valence-electron chi connectivity index (χ0n) is 11.4. The van der Waals surface area contributed by atoms with Crippen LogP contribution in [0.3, 0.4) is 0 Å². The minimum Gasteiger partial charge on any atom is -0.325 e. The Labute approximate surface area is 135 Å². The van der Waals surface area contributed by atoms with Crippen molar-refractivity contribution in [3.05, 3.63) is 40.9 Å². The maximum absolute atomic E-state index is 12.0. The Morgan fingerprint density at radius 3 is 3.10 bits per heavy atom. The fourth-order valence-electron chi connectivity index (χ4n) is 1.62. The number of carbonyl (C=O) groups is 1. The van der Waals surface area contributed by atoms with Gasteiger partial charge in [0, 0.05) is 10.2 Å². The van der Waals surface area contributed by atoms with Gasteiger partial charge in [0.2, 0.25) is 11.1 Å². The third-order valence-corrected chi connectivity index (χ3v) is 4.05. The Morgan fingerprint density at radius 2 is 2.38 bits per heavy atom. The van der Waals surface area contributed by atoms with E-state index in [0.29, 0.717) is 11.7 Å². The van der Waals surface area contributed by atoms with Crippen molar-refractivity contribution in [3.8, 4) is 0 Å². The van der Waals surface area contributed by atoms with Gasteiger partial charge in [0.25, 0.3) is 0 Å². The average molecular weight is 368 g/mol. The SMILES string of the molecule is C=CCn1nnnc1SCC(=O)Nc1ccc(Br)cc1C. The average Bonchev–Trinajstić information content (AvgIpc) is 2.88. The molecule has 0 spiro atoms. The lowest BCUT2D eigenvalue weighted by Crippen LogP contribution is -2.15. The number of thioether (sulfide) groups is 1. The fourth-order valence-corrected chi connectivity index (χ4v) is 2.78. The summed E-state index contributed by atoms with van der Waals surface area (Å²) in [5, 5.41) is 14.7. The minimum absolute atomic E-state index is 0.0985. The monoisotopic (exact) mass is 367 g/mol. The van der Waals surface area contributed by atoms with Crippen molar-refractivity contribution in [3.63, 3.8) is 0 Å². The quantitative estimate of drug-likeness (QED) is 0.627. The van der Waals surface area contributed by atoms with Gasteiger partial charge >= 0.3 is 0 Å². The molecule has 0 saturated heterocycles. The van der Waals surface area contributed by atoms with Gasteiger partial charge in [-0.2, -0.15) is 0 Å². The van der Waals surface area contributed by atoms with E-state index in [1.807, 2.05) is 25.1 Å². The van der Waals surface area contributed by atoms with E-state index in [2.05, 4.69) is 43.4 Å². The summed E-state index contributed by atoms with van der Waals surface area (Å²) in [6.07, 6.45) is 1.70. The Hall–Kier alpha value is -1.67. The zero-order valence-corrected chi connectivity index (χ0v) is 13.8. The second-order valence-corrected chi connectivity index (χ2v) is 6.09. The summed E-state index contributed by atoms with van der Waals surface area (Å²) in [5.41, 5.74) is 1.80. The first kappa shape index (κ1) is 15.7. The van der Waals surface area contributed by atoms with E-state index in [-0.39, 0.29) is 11.7 Å². The number of benzene rings is 1. The van der Waals surface area contributed by atoms with Crippen LogP contribution in [0, 0.1) is 6.92 Å². The summed E-state index contributed by atoms with van der Waals surface area (Å²) in [6, 6.07) is 5.71. The molecule has 2 rings (SSSR count). The number of carbonyl (C=O) groups excluding carboxylic acids is 1. The molecule has 0 unspecified atom stereocenters. The number of hydrogen-bond acceptors (Lipinski definition) is 5. The maximum atomic E-state index is 12.0. The summed E-state index contributed by atoms with van der Waals surface area (Å²) >= 11 is 4.68. The van der Waals surface area contributed by atoms with Crippen LogP contribution in [-0.2, 0) is 11.3 Å². The lowest BCUT2D eigenvalue weighted by atomic mass is 10.2. The summed E-state index contributed by atoms with van der Waals surface area (Å²) in [7, 11) is 0. The van der Waals surface area contributed by atoms with E-state index in [4.69, 9.17) is 0 Å². The molecule has 21 heavy (non-hydrogen) atoms. The summed E-state index contributed by atoms with van der Waals surface area (Å²) < 4.78 is 2.58. The topological polar surface area (TPSA) is 72.7 Å². The Kier molecular flexibility index (Phi) is 5.51. The molecule has 1 amide bonds. The maximum Gasteiger partial charge on any atom is 0.234 e. The molecule has 0 aliphatic rings. The number of tetrazole rings is 1. The largest absolute Gasteiger partial charge is 0.325 e. The number of halogens is 1. The van der Waals surface area contributed by atoms with Crippen molar-refractivity contribution in [1.82, 2.24) is 20.2 Å². The molecule has 2 aromatic rings. The molecule has 8 heteroatoms. The van der Waals surface area contributed by atoms with Gasteiger partial charge in [-0.3, -0.25) is 4.79 Å². The van der Waals surface area contributed by atoms with Crippen LogP contribution in [0.15, 0.2) is 40.5 Å². The van der Waals surface area contributed by atoms with E-state index in [1.165, 1.54) is 11.8 Å². The second-order valence-electron chi connectivity index (χ2n) is 4.23. The van der Waals surface area contributed by atoms with Crippen LogP contribution < -0.4 is 5.32 Å². The van der Waals surface area contributed by atoms with Gasteiger partial charge in [-0.15, -0.1) is 11.7 Å². The second kappa shape index (κ2) is 7.37. The number of amides is 1. The number of allylic oxidation sites excluding steroid dienone is 1. The van der Waals surface area contributed by atoms with Gasteiger partial charge in [-0.05, 0) is 41.1 Å². The molecule has 0 atom stereocenters. The van der Waals surface area contributed by atoms with Crippen LogP contribution in [0.5, 0.6) is 0 Å². The van der Waals surface area contributed by atoms with E-state index >= 15 is 0 Å². The fraction of sp³-hybridized carbons (Fsp3) is 0.231. The Balaban J connectivity index is 1.92. The molecule has 110 valence electrons. The van der Waals surface area contributed by atoms with Crippen molar-refractivity contribution >= 4 is 39.3 Å². The summed E-state index contributed by atoms with van der Waals surface area (Å²) in [4.78, 5) is 12.0. The zero-order chi connectivity index (χ0) is 15.2. The lowest BCUT2D eigenvalue weighted by Gasteiger charge is -2.08. The highest BCUT2D eigenvalue weighted by Crippen LogP contribution is 2.21. The first-order valence-corrected chi connectivity index (χ1v) is 7.94. The highest BCUT2D eigenvalue weighted by Gasteiger charge is 2.10. The van der Waals surface area contributed by atoms with Crippen molar-refractivity contribution in [2.24, 2.45) is 0 Å². The van der Waals surface area contributed by atoms with Crippen LogP contribution in [0.2, 0.25) is 0 Å². The van der Waals surface area contributed by atoms with Crippen LogP contribution in [-0.4, -0.2) is 31.9 Å². The number of aryl methyl sites for hydroxylation is 1. The predicted molar refractivity (Wildman–Crippen MR) is 86.2 cm³/mol. The molecule has 0 saturated carbocycles. The molecule has 0 bridgehead atoms. The first-order chi connectivity index (χ1) is 10.1. The Bertz CT molecular complexity index is 658. The van der Waals surface area contributed by atoms with E-state index < -0.39 is 0 Å². The standard InChI is InChI=1S/C13H14BrN5OS/c1-3-6-19-13(16-17-18-19)21-8-12(20)15-11-5-4-10(14)7-9(11)2/h3-5,7H,1,6,8H2,2H3,(H,15,20). The third-order valence-electron chi connectivity index (χ3n) is 2.60. The highest BCUT2D eigenvalue weighted by molar-refractivity contribution is 9.10. The molecular formula is C13H14BrN5OS. The van der Waals surface area contributed by atoms with E-state index in [1.54, 1.807) is 10.8 Å². The van der Waals surface area contributed by atoms with Gasteiger partial charge in [-0.1, -0.05) is 33.8 Å². The van der Waals surface area contributed by atoms with Gasteiger partial charge in [0.15, 0.2) is 0 Å². The molecule has 0 radical (unpaired) electrons. The molecule has 0 fully saturated rings. The number of anilines is 1. The molecule has 6 nitrogen and oxygen atoms in total. The first-order valence-electron chi connectivity index (χ1n) is 6.16. The Morgan fingerprint density at radius 1 is 1.57 bits per heavy atom. The molecule has 1 aromatic carbocycles. The van der Waals surface area contributed by atoms with Crippen molar-refractivity contribution in [2.75, 3.05) is 11.1 Å². The highest BCUT2D eigenvalue weighted by atomic mass is 79.9. The van der Waals surface area contributed by atoms with Gasteiger partial charge < -0.3 is 5.32 Å². The summed E-state index contributed by atoms with van der Waals surface area (Å²) in [6.45, 7) is 6.10. The molecule has 0 aliphatic heterocycles. The minimum atomic E-state index is -0.0985. The smallest absolute Gasteiger partial charge is 0.234 e. The van der Waals surface area contributed by atoms with Crippen LogP contribution >= 0.6 is 27.7 Å². The van der Waals surface area contributed by atoms with E-state index in [9.17, 15) is 4.79 Å². The van der Waals surface area contributed by atoms with Gasteiger partial charge in [0.1, 0.15) is 0 Å². The van der Waals surface area contributed by atoms with E-state index in [0.717, 1.165) is 15.7 Å². The molecular weight excluding hydrogens is 354 g/mol. The number of aromatic nitrogens is 4. The molecule has 1 aromatic heterocycles. The molecule has 1 heterocycles. The predicted octanol–water partition coefficient (Wildman–Crippen LogP) is 2.66. The number of nitrogens with zero attached hydrogens (tertiary/aromatic N) is 4. The number of nitrogens with one attached hydrogen (secondary N) is 1. The number of hydrogen-bond donors (Lipinski definition) is 1. The van der Waals surface area contributed by atoms with Crippen molar-refractivity contribution in [2.45, 2.75) is 18.6 Å². The van der Waals surface area contributed by atoms with Crippen LogP contribution in [0.4, 0.5) is 5.69 Å². The number of rotatable bonds is 6. The summed E-state index contributed by atoms with van der Waals surface area (Å²) in [5.74, 6) is 0.145. The van der Waals surface area contributed by atoms with Crippen molar-refractivity contribution in [1.29, 1.82) is 0 Å². The molecule has 1 N–H and O–H groups in total. The van der Waals surface area contributed by atoms with Crippen molar-refractivity contribution < 1.29 is 4.79 Å². The lowest BCUT2D eigenvalue weighted by molar-refractivity contribution is -0.113. The van der Waals surface area contributed by atoms with Gasteiger partial charge in [-0.25, -0.2) is 4.68 Å². The normalized spacial score (nSPS) is 10.4. The third kappa shape index (κ3) is 4.40. The molecule has 0 aliphatic carbocycles. The van der Waals surface area contributed by atoms with Crippen LogP contribution in [0.25, 0.3) is 0 Å². The van der Waals surface area contributed by atoms with Crippen LogP contribution in [0.1, 0.15) is 5.56 Å².